The van der Waals surface area contributed by atoms with Crippen LogP contribution in [0.5, 0.6) is 0 Å². The Morgan fingerprint density at radius 3 is 2.18 bits per heavy atom. The molecule has 2 N–H and O–H groups in total. The molecule has 1 rings (SSSR count). The predicted molar refractivity (Wildman–Crippen MR) is 74.1 cm³/mol. The van der Waals surface area contributed by atoms with Crippen molar-refractivity contribution in [3.63, 3.8) is 0 Å². The SMILES string of the molecule is CCNC(CCO)C1CCC(C(C)(C)C)CC1. The first-order chi connectivity index (χ1) is 7.99. The van der Waals surface area contributed by atoms with Gasteiger partial charge in [-0.05, 0) is 55.9 Å². The number of aliphatic hydroxyl groups excluding tert-OH is 1. The van der Waals surface area contributed by atoms with E-state index in [0.29, 0.717) is 18.1 Å². The van der Waals surface area contributed by atoms with Gasteiger partial charge in [-0.15, -0.1) is 0 Å². The van der Waals surface area contributed by atoms with E-state index in [1.165, 1.54) is 25.7 Å². The molecule has 2 heteroatoms. The van der Waals surface area contributed by atoms with Crippen LogP contribution in [0.3, 0.4) is 0 Å². The second kappa shape index (κ2) is 6.75. The Morgan fingerprint density at radius 1 is 1.18 bits per heavy atom. The van der Waals surface area contributed by atoms with E-state index in [9.17, 15) is 0 Å². The topological polar surface area (TPSA) is 32.3 Å². The highest BCUT2D eigenvalue weighted by atomic mass is 16.3. The van der Waals surface area contributed by atoms with Crippen LogP contribution in [0, 0.1) is 17.3 Å². The molecule has 1 fully saturated rings. The van der Waals surface area contributed by atoms with Crippen LogP contribution in [-0.4, -0.2) is 24.3 Å². The minimum atomic E-state index is 0.316. The lowest BCUT2D eigenvalue weighted by atomic mass is 9.68. The van der Waals surface area contributed by atoms with Crippen LogP contribution < -0.4 is 5.32 Å². The molecule has 1 aliphatic rings. The number of aliphatic hydroxyl groups is 1. The van der Waals surface area contributed by atoms with Crippen LogP contribution in [0.4, 0.5) is 0 Å². The molecule has 2 nitrogen and oxygen atoms in total. The van der Waals surface area contributed by atoms with Crippen LogP contribution in [0.15, 0.2) is 0 Å². The summed E-state index contributed by atoms with van der Waals surface area (Å²) in [5.74, 6) is 1.66. The summed E-state index contributed by atoms with van der Waals surface area (Å²) in [6.07, 6.45) is 6.31. The van der Waals surface area contributed by atoms with Crippen molar-refractivity contribution < 1.29 is 5.11 Å². The van der Waals surface area contributed by atoms with E-state index in [-0.39, 0.29) is 0 Å². The van der Waals surface area contributed by atoms with Gasteiger partial charge in [-0.3, -0.25) is 0 Å². The lowest BCUT2D eigenvalue weighted by molar-refractivity contribution is 0.124. The van der Waals surface area contributed by atoms with Gasteiger partial charge >= 0.3 is 0 Å². The normalized spacial score (nSPS) is 28.1. The highest BCUT2D eigenvalue weighted by Gasteiger charge is 2.32. The second-order valence-electron chi connectivity index (χ2n) is 6.65. The zero-order valence-electron chi connectivity index (χ0n) is 12.1. The fourth-order valence-electron chi connectivity index (χ4n) is 3.29. The minimum Gasteiger partial charge on any atom is -0.396 e. The molecule has 1 aliphatic carbocycles. The lowest BCUT2D eigenvalue weighted by Crippen LogP contribution is -2.40. The standard InChI is InChI=1S/C15H31NO/c1-5-16-14(10-11-17)12-6-8-13(9-7-12)15(2,3)4/h12-14,16-17H,5-11H2,1-4H3. The zero-order chi connectivity index (χ0) is 12.9. The number of rotatable bonds is 5. The minimum absolute atomic E-state index is 0.316. The summed E-state index contributed by atoms with van der Waals surface area (Å²) in [6.45, 7) is 10.6. The molecule has 17 heavy (non-hydrogen) atoms. The van der Waals surface area contributed by atoms with Crippen LogP contribution in [-0.2, 0) is 0 Å². The van der Waals surface area contributed by atoms with E-state index in [0.717, 1.165) is 24.8 Å². The van der Waals surface area contributed by atoms with Crippen molar-refractivity contribution in [1.82, 2.24) is 5.32 Å². The molecule has 0 amide bonds. The quantitative estimate of drug-likeness (QED) is 0.775. The molecule has 0 aromatic rings. The van der Waals surface area contributed by atoms with Gasteiger partial charge < -0.3 is 10.4 Å². The summed E-state index contributed by atoms with van der Waals surface area (Å²) in [4.78, 5) is 0. The van der Waals surface area contributed by atoms with Crippen LogP contribution in [0.1, 0.15) is 59.8 Å². The van der Waals surface area contributed by atoms with Crippen molar-refractivity contribution in [3.8, 4) is 0 Å². The average Bonchev–Trinajstić information content (AvgIpc) is 2.28. The molecule has 1 unspecified atom stereocenters. The highest BCUT2D eigenvalue weighted by Crippen LogP contribution is 2.40. The Kier molecular flexibility index (Phi) is 5.94. The Labute approximate surface area is 107 Å². The molecular formula is C15H31NO. The first kappa shape index (κ1) is 15.0. The highest BCUT2D eigenvalue weighted by molar-refractivity contribution is 4.85. The van der Waals surface area contributed by atoms with E-state index in [2.05, 4.69) is 33.0 Å². The largest absolute Gasteiger partial charge is 0.396 e. The molecule has 0 heterocycles. The summed E-state index contributed by atoms with van der Waals surface area (Å²) in [7, 11) is 0. The molecule has 0 aromatic heterocycles. The summed E-state index contributed by atoms with van der Waals surface area (Å²) >= 11 is 0. The maximum atomic E-state index is 9.14. The van der Waals surface area contributed by atoms with Crippen molar-refractivity contribution in [2.45, 2.75) is 65.8 Å². The molecule has 0 radical (unpaired) electrons. The van der Waals surface area contributed by atoms with Crippen LogP contribution in [0.25, 0.3) is 0 Å². The third-order valence-corrected chi connectivity index (χ3v) is 4.47. The van der Waals surface area contributed by atoms with Gasteiger partial charge in [0.25, 0.3) is 0 Å². The maximum Gasteiger partial charge on any atom is 0.0445 e. The predicted octanol–water partition coefficient (Wildman–Crippen LogP) is 3.20. The molecule has 0 aromatic carbocycles. The summed E-state index contributed by atoms with van der Waals surface area (Å²) in [6, 6.07) is 0.533. The van der Waals surface area contributed by atoms with E-state index < -0.39 is 0 Å². The molecule has 0 saturated heterocycles. The van der Waals surface area contributed by atoms with E-state index in [1.54, 1.807) is 0 Å². The van der Waals surface area contributed by atoms with Crippen molar-refractivity contribution >= 4 is 0 Å². The second-order valence-corrected chi connectivity index (χ2v) is 6.65. The Hall–Kier alpha value is -0.0800. The Bertz CT molecular complexity index is 195. The summed E-state index contributed by atoms with van der Waals surface area (Å²) in [5, 5.41) is 12.7. The van der Waals surface area contributed by atoms with E-state index in [1.807, 2.05) is 0 Å². The Morgan fingerprint density at radius 2 is 1.76 bits per heavy atom. The number of hydrogen-bond donors (Lipinski definition) is 2. The molecule has 1 saturated carbocycles. The van der Waals surface area contributed by atoms with Gasteiger partial charge in [0.1, 0.15) is 0 Å². The van der Waals surface area contributed by atoms with Gasteiger partial charge in [-0.25, -0.2) is 0 Å². The summed E-state index contributed by atoms with van der Waals surface area (Å²) < 4.78 is 0. The molecule has 102 valence electrons. The number of hydrogen-bond acceptors (Lipinski definition) is 2. The molecule has 1 atom stereocenters. The maximum absolute atomic E-state index is 9.14. The molecule has 0 spiro atoms. The fourth-order valence-corrected chi connectivity index (χ4v) is 3.29. The van der Waals surface area contributed by atoms with Crippen LogP contribution >= 0.6 is 0 Å². The van der Waals surface area contributed by atoms with Crippen molar-refractivity contribution in [2.75, 3.05) is 13.2 Å². The fraction of sp³-hybridized carbons (Fsp3) is 1.00. The molecule has 0 bridgehead atoms. The first-order valence-corrected chi connectivity index (χ1v) is 7.33. The van der Waals surface area contributed by atoms with Crippen molar-refractivity contribution in [3.05, 3.63) is 0 Å². The van der Waals surface area contributed by atoms with Gasteiger partial charge in [-0.2, -0.15) is 0 Å². The van der Waals surface area contributed by atoms with E-state index >= 15 is 0 Å². The summed E-state index contributed by atoms with van der Waals surface area (Å²) in [5.41, 5.74) is 0.468. The third-order valence-electron chi connectivity index (χ3n) is 4.47. The van der Waals surface area contributed by atoms with Gasteiger partial charge in [0, 0.05) is 12.6 Å². The van der Waals surface area contributed by atoms with Gasteiger partial charge in [0.05, 0.1) is 0 Å². The Balaban J connectivity index is 2.43. The van der Waals surface area contributed by atoms with Gasteiger partial charge in [0.15, 0.2) is 0 Å². The van der Waals surface area contributed by atoms with Crippen LogP contribution in [0.2, 0.25) is 0 Å². The van der Waals surface area contributed by atoms with Crippen molar-refractivity contribution in [1.29, 1.82) is 0 Å². The number of nitrogens with one attached hydrogen (secondary N) is 1. The molecular weight excluding hydrogens is 210 g/mol. The third kappa shape index (κ3) is 4.59. The van der Waals surface area contributed by atoms with E-state index in [4.69, 9.17) is 5.11 Å². The first-order valence-electron chi connectivity index (χ1n) is 7.33. The van der Waals surface area contributed by atoms with Gasteiger partial charge in [0.2, 0.25) is 0 Å². The van der Waals surface area contributed by atoms with Gasteiger partial charge in [-0.1, -0.05) is 27.7 Å². The average molecular weight is 241 g/mol. The monoisotopic (exact) mass is 241 g/mol. The van der Waals surface area contributed by atoms with Crippen molar-refractivity contribution in [2.24, 2.45) is 17.3 Å². The lowest BCUT2D eigenvalue weighted by Gasteiger charge is -2.39. The smallest absolute Gasteiger partial charge is 0.0445 e. The molecule has 0 aliphatic heterocycles. The zero-order valence-corrected chi connectivity index (χ0v) is 12.1.